The van der Waals surface area contributed by atoms with Gasteiger partial charge >= 0.3 is 0 Å². The summed E-state index contributed by atoms with van der Waals surface area (Å²) in [6, 6.07) is 0.0784. The minimum absolute atomic E-state index is 0.0554. The molecule has 2 unspecified atom stereocenters. The van der Waals surface area contributed by atoms with Crippen molar-refractivity contribution < 1.29 is 9.53 Å². The average molecular weight is 226 g/mol. The minimum atomic E-state index is 0.0554. The lowest BCUT2D eigenvalue weighted by Crippen LogP contribution is -2.41. The van der Waals surface area contributed by atoms with Crippen molar-refractivity contribution in [1.82, 2.24) is 5.32 Å². The van der Waals surface area contributed by atoms with E-state index in [0.717, 1.165) is 51.9 Å². The van der Waals surface area contributed by atoms with E-state index in [0.29, 0.717) is 5.92 Å². The molecule has 1 aliphatic heterocycles. The summed E-state index contributed by atoms with van der Waals surface area (Å²) in [5.74, 6) is 0.812. The summed E-state index contributed by atoms with van der Waals surface area (Å²) in [5.41, 5.74) is 5.91. The van der Waals surface area contributed by atoms with E-state index in [1.54, 1.807) is 0 Å². The number of nitrogens with one attached hydrogen (secondary N) is 1. The fourth-order valence-corrected chi connectivity index (χ4v) is 2.64. The van der Waals surface area contributed by atoms with Crippen molar-refractivity contribution in [3.8, 4) is 0 Å². The summed E-state index contributed by atoms with van der Waals surface area (Å²) >= 11 is 0. The molecule has 3 N–H and O–H groups in total. The van der Waals surface area contributed by atoms with Crippen molar-refractivity contribution in [2.24, 2.45) is 17.6 Å². The summed E-state index contributed by atoms with van der Waals surface area (Å²) in [6.45, 7) is 2.47. The van der Waals surface area contributed by atoms with Gasteiger partial charge in [-0.2, -0.15) is 0 Å². The van der Waals surface area contributed by atoms with E-state index in [1.165, 1.54) is 0 Å². The highest BCUT2D eigenvalue weighted by Gasteiger charge is 2.30. The first-order valence-electron chi connectivity index (χ1n) is 6.38. The molecule has 16 heavy (non-hydrogen) atoms. The molecule has 1 saturated carbocycles. The molecule has 1 aliphatic carbocycles. The first-order chi connectivity index (χ1) is 7.77. The number of carbonyl (C=O) groups is 1. The highest BCUT2D eigenvalue weighted by atomic mass is 16.5. The fraction of sp³-hybridized carbons (Fsp3) is 0.917. The second-order valence-corrected chi connectivity index (χ2v) is 5.00. The van der Waals surface area contributed by atoms with E-state index in [4.69, 9.17) is 10.5 Å². The van der Waals surface area contributed by atoms with Crippen LogP contribution in [0.15, 0.2) is 0 Å². The van der Waals surface area contributed by atoms with Gasteiger partial charge in [-0.1, -0.05) is 6.42 Å². The van der Waals surface area contributed by atoms with Crippen molar-refractivity contribution in [2.45, 2.75) is 38.1 Å². The zero-order valence-corrected chi connectivity index (χ0v) is 9.78. The molecule has 2 rings (SSSR count). The number of rotatable bonds is 3. The van der Waals surface area contributed by atoms with Crippen LogP contribution in [0.3, 0.4) is 0 Å². The number of amides is 1. The topological polar surface area (TPSA) is 64.4 Å². The van der Waals surface area contributed by atoms with E-state index in [1.807, 2.05) is 0 Å². The van der Waals surface area contributed by atoms with Crippen LogP contribution in [0.2, 0.25) is 0 Å². The maximum Gasteiger partial charge on any atom is 0.224 e. The van der Waals surface area contributed by atoms with E-state index in [-0.39, 0.29) is 17.9 Å². The lowest BCUT2D eigenvalue weighted by Gasteiger charge is -2.23. The number of carbonyl (C=O) groups excluding carboxylic acids is 1. The van der Waals surface area contributed by atoms with Crippen LogP contribution in [0.5, 0.6) is 0 Å². The number of hydrogen-bond acceptors (Lipinski definition) is 3. The monoisotopic (exact) mass is 226 g/mol. The first kappa shape index (κ1) is 11.9. The van der Waals surface area contributed by atoms with Crippen molar-refractivity contribution in [3.05, 3.63) is 0 Å². The molecule has 0 radical (unpaired) electrons. The summed E-state index contributed by atoms with van der Waals surface area (Å²) in [5, 5.41) is 3.05. The predicted molar refractivity (Wildman–Crippen MR) is 61.9 cm³/mol. The van der Waals surface area contributed by atoms with Gasteiger partial charge in [-0.15, -0.1) is 0 Å². The Morgan fingerprint density at radius 3 is 2.62 bits per heavy atom. The number of nitrogens with two attached hydrogens (primary N) is 1. The Morgan fingerprint density at radius 1 is 1.25 bits per heavy atom. The summed E-state index contributed by atoms with van der Waals surface area (Å²) in [4.78, 5) is 11.9. The molecule has 1 amide bonds. The molecule has 0 aromatic carbocycles. The van der Waals surface area contributed by atoms with Crippen LogP contribution in [0.4, 0.5) is 0 Å². The normalized spacial score (nSPS) is 31.6. The Hall–Kier alpha value is -0.610. The molecule has 1 saturated heterocycles. The lowest BCUT2D eigenvalue weighted by atomic mass is 9.99. The van der Waals surface area contributed by atoms with Crippen molar-refractivity contribution in [1.29, 1.82) is 0 Å². The first-order valence-corrected chi connectivity index (χ1v) is 6.38. The molecule has 2 fully saturated rings. The van der Waals surface area contributed by atoms with E-state index in [2.05, 4.69) is 5.32 Å². The molecule has 4 heteroatoms. The number of ether oxygens (including phenoxy) is 1. The SMILES string of the molecule is NC1CCCC1C(=O)NCC1CCOCC1. The van der Waals surface area contributed by atoms with Crippen LogP contribution in [0.1, 0.15) is 32.1 Å². The summed E-state index contributed by atoms with van der Waals surface area (Å²) in [6.07, 6.45) is 5.18. The Morgan fingerprint density at radius 2 is 2.00 bits per heavy atom. The smallest absolute Gasteiger partial charge is 0.224 e. The van der Waals surface area contributed by atoms with Gasteiger partial charge in [0.1, 0.15) is 0 Å². The van der Waals surface area contributed by atoms with E-state index in [9.17, 15) is 4.79 Å². The zero-order valence-electron chi connectivity index (χ0n) is 9.78. The molecule has 0 bridgehead atoms. The molecular formula is C12H22N2O2. The average Bonchev–Trinajstić information content (AvgIpc) is 2.74. The van der Waals surface area contributed by atoms with Gasteiger partial charge in [0, 0.05) is 25.8 Å². The van der Waals surface area contributed by atoms with Gasteiger partial charge in [0.05, 0.1) is 5.92 Å². The van der Waals surface area contributed by atoms with Gasteiger partial charge < -0.3 is 15.8 Å². The minimum Gasteiger partial charge on any atom is -0.381 e. The molecule has 92 valence electrons. The maximum atomic E-state index is 11.9. The highest BCUT2D eigenvalue weighted by molar-refractivity contribution is 5.79. The lowest BCUT2D eigenvalue weighted by molar-refractivity contribution is -0.125. The Balaban J connectivity index is 1.70. The van der Waals surface area contributed by atoms with Crippen molar-refractivity contribution >= 4 is 5.91 Å². The quantitative estimate of drug-likeness (QED) is 0.743. The van der Waals surface area contributed by atoms with Gasteiger partial charge in [0.15, 0.2) is 0 Å². The van der Waals surface area contributed by atoms with Gasteiger partial charge in [-0.25, -0.2) is 0 Å². The van der Waals surface area contributed by atoms with Gasteiger partial charge in [-0.3, -0.25) is 4.79 Å². The molecule has 1 heterocycles. The number of hydrogen-bond donors (Lipinski definition) is 2. The third-order valence-electron chi connectivity index (χ3n) is 3.81. The molecule has 0 aromatic heterocycles. The maximum absolute atomic E-state index is 11.9. The Labute approximate surface area is 96.9 Å². The van der Waals surface area contributed by atoms with Crippen LogP contribution in [0.25, 0.3) is 0 Å². The zero-order chi connectivity index (χ0) is 11.4. The van der Waals surface area contributed by atoms with Crippen LogP contribution >= 0.6 is 0 Å². The van der Waals surface area contributed by atoms with Crippen LogP contribution in [-0.4, -0.2) is 31.7 Å². The second-order valence-electron chi connectivity index (χ2n) is 5.00. The molecule has 4 nitrogen and oxygen atoms in total. The van der Waals surface area contributed by atoms with E-state index < -0.39 is 0 Å². The molecule has 2 aliphatic rings. The van der Waals surface area contributed by atoms with Crippen LogP contribution < -0.4 is 11.1 Å². The molecule has 2 atom stereocenters. The largest absolute Gasteiger partial charge is 0.381 e. The fourth-order valence-electron chi connectivity index (χ4n) is 2.64. The van der Waals surface area contributed by atoms with Crippen LogP contribution in [0, 0.1) is 11.8 Å². The van der Waals surface area contributed by atoms with E-state index >= 15 is 0 Å². The van der Waals surface area contributed by atoms with Gasteiger partial charge in [0.2, 0.25) is 5.91 Å². The second kappa shape index (κ2) is 5.64. The molecule has 0 spiro atoms. The Kier molecular flexibility index (Phi) is 4.18. The predicted octanol–water partition coefficient (Wildman–Crippen LogP) is 0.657. The third-order valence-corrected chi connectivity index (χ3v) is 3.81. The third kappa shape index (κ3) is 2.95. The van der Waals surface area contributed by atoms with Crippen LogP contribution in [-0.2, 0) is 9.53 Å². The van der Waals surface area contributed by atoms with Crippen molar-refractivity contribution in [3.63, 3.8) is 0 Å². The van der Waals surface area contributed by atoms with Gasteiger partial charge in [-0.05, 0) is 31.6 Å². The standard InChI is InChI=1S/C12H22N2O2/c13-11-3-1-2-10(11)12(15)14-8-9-4-6-16-7-5-9/h9-11H,1-8,13H2,(H,14,15). The summed E-state index contributed by atoms with van der Waals surface area (Å²) in [7, 11) is 0. The Bertz CT molecular complexity index is 239. The van der Waals surface area contributed by atoms with Gasteiger partial charge in [0.25, 0.3) is 0 Å². The van der Waals surface area contributed by atoms with Crippen molar-refractivity contribution in [2.75, 3.05) is 19.8 Å². The molecular weight excluding hydrogens is 204 g/mol. The summed E-state index contributed by atoms with van der Waals surface area (Å²) < 4.78 is 5.29. The highest BCUT2D eigenvalue weighted by Crippen LogP contribution is 2.24. The molecule has 0 aromatic rings.